The lowest BCUT2D eigenvalue weighted by Gasteiger charge is -2.50. The maximum atomic E-state index is 12.7. The van der Waals surface area contributed by atoms with Crippen LogP contribution in [-0.4, -0.2) is 375 Å². The lowest BCUT2D eigenvalue weighted by Crippen LogP contribution is -2.70. The summed E-state index contributed by atoms with van der Waals surface area (Å²) >= 11 is 0. The molecule has 0 unspecified atom stereocenters. The van der Waals surface area contributed by atoms with E-state index in [9.17, 15) is 112 Å². The molecule has 7 heterocycles. The molecule has 7 saturated heterocycles. The van der Waals surface area contributed by atoms with Gasteiger partial charge in [0.05, 0.1) is 58.9 Å². The maximum Gasteiger partial charge on any atom is 0.217 e. The van der Waals surface area contributed by atoms with Gasteiger partial charge in [0.2, 0.25) is 11.8 Å². The van der Waals surface area contributed by atoms with Gasteiger partial charge in [0.15, 0.2) is 37.7 Å². The van der Waals surface area contributed by atoms with E-state index >= 15 is 0 Å². The molecule has 7 aliphatic rings. The molecule has 0 radical (unpaired) electrons. The predicted molar refractivity (Wildman–Crippen MR) is 254 cm³/mol. The Bertz CT molecular complexity index is 2030. The number of carbonyl (C=O) groups is 2. The fraction of sp³-hybridized carbons (Fsp3) is 0.957. The van der Waals surface area contributed by atoms with Gasteiger partial charge in [-0.25, -0.2) is 0 Å². The van der Waals surface area contributed by atoms with Gasteiger partial charge in [-0.2, -0.15) is 0 Å². The summed E-state index contributed by atoms with van der Waals surface area (Å²) in [7, 11) is 0. The number of aliphatic hydroxyl groups excluding tert-OH is 20. The molecule has 0 saturated carbocycles. The molecule has 0 bridgehead atoms. The molecular weight excluding hydrogens is 1140 g/mol. The number of nitrogens with one attached hydrogen (secondary N) is 2. The van der Waals surface area contributed by atoms with Gasteiger partial charge in [0, 0.05) is 13.8 Å². The highest BCUT2D eigenvalue weighted by molar-refractivity contribution is 5.73. The molecule has 0 aromatic carbocycles. The van der Waals surface area contributed by atoms with Gasteiger partial charge >= 0.3 is 0 Å². The van der Waals surface area contributed by atoms with Crippen LogP contribution in [0.25, 0.3) is 0 Å². The minimum absolute atomic E-state index is 0.288. The molecule has 37 nitrogen and oxygen atoms in total. The Morgan fingerprint density at radius 3 is 1.24 bits per heavy atom. The minimum atomic E-state index is -2.39. The van der Waals surface area contributed by atoms with Crippen molar-refractivity contribution >= 4 is 11.8 Å². The fourth-order valence-electron chi connectivity index (χ4n) is 10.6. The second-order valence-electron chi connectivity index (χ2n) is 21.0. The second kappa shape index (κ2) is 29.7. The van der Waals surface area contributed by atoms with Gasteiger partial charge in [0.25, 0.3) is 0 Å². The minimum Gasteiger partial charge on any atom is -0.394 e. The SMILES string of the molecule is CC(=O)N[C@H]1[C@H](O[C@H]2[C@H](O)[C@@H](NC(C)=O)CO[C@@H]2CO)O[C@H](CO)[C@@H](O[C@@H]2O[C@H](CO[C@H]3O[C@H](CO)[C@@H](O)[C@H](O[C@H]4O[C@H](CO)[C@@H](O)[C@H](O)[C@@H]4O)[C@@H]3O)[C@@H](O)[C@H](O[C@H]3O[C@H](CO)[C@@H](O)[C@H](O)[C@@H]3O[C@H]3O[C@H](CO)[C@@H](O)[C@H](O)[C@@H]3O)[C@@H]2O)[C@@H]1O. The molecule has 0 aliphatic carbocycles. The summed E-state index contributed by atoms with van der Waals surface area (Å²) in [5.74, 6) is -1.42. The Labute approximate surface area is 470 Å². The average molecular weight is 1220 g/mol. The smallest absolute Gasteiger partial charge is 0.217 e. The number of hydrogen-bond acceptors (Lipinski definition) is 35. The first-order valence-electron chi connectivity index (χ1n) is 26.5. The molecule has 0 aromatic heterocycles. The van der Waals surface area contributed by atoms with Crippen LogP contribution in [0.5, 0.6) is 0 Å². The Hall–Kier alpha value is -2.38. The fourth-order valence-corrected chi connectivity index (χ4v) is 10.6. The van der Waals surface area contributed by atoms with E-state index in [1.54, 1.807) is 0 Å². The highest BCUT2D eigenvalue weighted by Crippen LogP contribution is 2.37. The quantitative estimate of drug-likeness (QED) is 0.0507. The molecule has 0 aromatic rings. The topological polar surface area (TPSA) is 583 Å². The number of rotatable bonds is 21. The van der Waals surface area contributed by atoms with Crippen LogP contribution in [0.4, 0.5) is 0 Å². The number of hydrogen-bond donors (Lipinski definition) is 22. The Kier molecular flexibility index (Phi) is 24.4. The van der Waals surface area contributed by atoms with E-state index in [2.05, 4.69) is 10.6 Å². The molecule has 34 atom stereocenters. The summed E-state index contributed by atoms with van der Waals surface area (Å²) in [6.45, 7) is -4.92. The molecule has 7 rings (SSSR count). The molecule has 482 valence electrons. The van der Waals surface area contributed by atoms with E-state index < -0.39 is 267 Å². The molecule has 22 N–H and O–H groups in total. The van der Waals surface area contributed by atoms with E-state index in [-0.39, 0.29) is 6.61 Å². The van der Waals surface area contributed by atoms with Gasteiger partial charge in [-0.1, -0.05) is 0 Å². The van der Waals surface area contributed by atoms with Crippen LogP contribution in [0.15, 0.2) is 0 Å². The van der Waals surface area contributed by atoms with Gasteiger partial charge in [-0.05, 0) is 0 Å². The zero-order valence-corrected chi connectivity index (χ0v) is 44.4. The first-order valence-corrected chi connectivity index (χ1v) is 26.5. The van der Waals surface area contributed by atoms with Crippen molar-refractivity contribution in [2.75, 3.05) is 52.9 Å². The molecule has 0 spiro atoms. The third-order valence-corrected chi connectivity index (χ3v) is 15.3. The van der Waals surface area contributed by atoms with Crippen LogP contribution in [0.3, 0.4) is 0 Å². The van der Waals surface area contributed by atoms with Gasteiger partial charge in [-0.3, -0.25) is 9.59 Å². The molecular formula is C46H78N2O35. The van der Waals surface area contributed by atoms with Crippen LogP contribution in [0, 0.1) is 0 Å². The predicted octanol–water partition coefficient (Wildman–Crippen LogP) is -15.3. The monoisotopic (exact) mass is 1220 g/mol. The first-order chi connectivity index (χ1) is 39.3. The summed E-state index contributed by atoms with van der Waals surface area (Å²) in [6.07, 6.45) is -62.6. The summed E-state index contributed by atoms with van der Waals surface area (Å²) in [5, 5.41) is 221. The Morgan fingerprint density at radius 1 is 0.349 bits per heavy atom. The van der Waals surface area contributed by atoms with Crippen molar-refractivity contribution in [1.82, 2.24) is 10.6 Å². The maximum absolute atomic E-state index is 12.7. The van der Waals surface area contributed by atoms with Gasteiger partial charge in [0.1, 0.15) is 165 Å². The van der Waals surface area contributed by atoms with Gasteiger partial charge < -0.3 is 174 Å². The van der Waals surface area contributed by atoms with Crippen molar-refractivity contribution < 1.29 is 173 Å². The summed E-state index contributed by atoms with van der Waals surface area (Å²) in [4.78, 5) is 24.6. The largest absolute Gasteiger partial charge is 0.394 e. The summed E-state index contributed by atoms with van der Waals surface area (Å²) < 4.78 is 75.1. The highest BCUT2D eigenvalue weighted by Gasteiger charge is 2.58. The molecule has 37 heteroatoms. The van der Waals surface area contributed by atoms with Crippen molar-refractivity contribution in [3.8, 4) is 0 Å². The first kappa shape index (κ1) is 68.1. The van der Waals surface area contributed by atoms with Crippen LogP contribution in [0.2, 0.25) is 0 Å². The zero-order chi connectivity index (χ0) is 61.0. The summed E-state index contributed by atoms with van der Waals surface area (Å²) in [6, 6.07) is -2.86. The van der Waals surface area contributed by atoms with E-state index in [0.29, 0.717) is 0 Å². The van der Waals surface area contributed by atoms with Crippen molar-refractivity contribution in [3.63, 3.8) is 0 Å². The normalized spacial score (nSPS) is 49.9. The lowest BCUT2D eigenvalue weighted by molar-refractivity contribution is -0.398. The number of aliphatic hydroxyl groups is 20. The Morgan fingerprint density at radius 2 is 0.723 bits per heavy atom. The number of amides is 2. The van der Waals surface area contributed by atoms with Gasteiger partial charge in [-0.15, -0.1) is 0 Å². The lowest BCUT2D eigenvalue weighted by atomic mass is 9.94. The highest BCUT2D eigenvalue weighted by atomic mass is 16.8. The third kappa shape index (κ3) is 14.9. The van der Waals surface area contributed by atoms with Crippen molar-refractivity contribution in [1.29, 1.82) is 0 Å². The van der Waals surface area contributed by atoms with Crippen LogP contribution < -0.4 is 10.6 Å². The number of ether oxygens (including phenoxy) is 13. The van der Waals surface area contributed by atoms with Crippen LogP contribution in [0.1, 0.15) is 13.8 Å². The van der Waals surface area contributed by atoms with Crippen LogP contribution in [-0.2, 0) is 71.2 Å². The van der Waals surface area contributed by atoms with E-state index in [1.165, 1.54) is 0 Å². The molecule has 83 heavy (non-hydrogen) atoms. The van der Waals surface area contributed by atoms with Crippen molar-refractivity contribution in [2.24, 2.45) is 0 Å². The third-order valence-electron chi connectivity index (χ3n) is 15.3. The van der Waals surface area contributed by atoms with E-state index in [4.69, 9.17) is 61.6 Å². The van der Waals surface area contributed by atoms with E-state index in [1.807, 2.05) is 0 Å². The van der Waals surface area contributed by atoms with Crippen LogP contribution >= 0.6 is 0 Å². The van der Waals surface area contributed by atoms with Crippen molar-refractivity contribution in [2.45, 2.75) is 222 Å². The summed E-state index contributed by atoms with van der Waals surface area (Å²) in [5.41, 5.74) is 0. The molecule has 7 fully saturated rings. The Balaban J connectivity index is 1.19. The number of carbonyl (C=O) groups excluding carboxylic acids is 2. The standard InChI is InChI=1S/C46H78N2O35/c1-11(55)47-13-9-71-18(7-53)36(22(13)57)79-41-21(48-12(2)56)28(63)37(19(8-54)77-41)80-45-35(70)39(82-46-40(31(66)25(60)16(5-51)76-46)83-44-33(68)30(65)24(59)15(4-50)75-44)27(62)20(78-45)10-72-42-34(69)38(26(61)17(6-52)73-42)81-43-32(67)29(64)23(58)14(3-49)74-43/h13-46,49-54,57-70H,3-10H2,1-2H3,(H,47,55)(H,48,56)/t13-,14+,15+,16+,17+,18+,19+,20+,21+,22+,23+,24+,25+,26+,27+,28+,29-,30-,31-,32-,33-,34-,35-,36+,37+,38-,39-,40-,41-,42-,43+,44+,45-,46+/m0/s1. The molecule has 7 aliphatic heterocycles. The average Bonchev–Trinajstić information content (AvgIpc) is 3.22. The van der Waals surface area contributed by atoms with E-state index in [0.717, 1.165) is 13.8 Å². The zero-order valence-electron chi connectivity index (χ0n) is 44.4. The van der Waals surface area contributed by atoms with Crippen molar-refractivity contribution in [3.05, 3.63) is 0 Å². The second-order valence-corrected chi connectivity index (χ2v) is 21.0. The molecule has 2 amide bonds.